The molecule has 0 aromatic rings. The summed E-state index contributed by atoms with van der Waals surface area (Å²) in [6, 6.07) is 0. The molecule has 0 aliphatic heterocycles. The maximum absolute atomic E-state index is 10.9. The van der Waals surface area contributed by atoms with Gasteiger partial charge in [-0.25, -0.2) is 4.79 Å². The normalized spacial score (nSPS) is 16.8. The van der Waals surface area contributed by atoms with E-state index in [1.54, 1.807) is 28.3 Å². The van der Waals surface area contributed by atoms with Crippen molar-refractivity contribution >= 4 is 11.9 Å². The van der Waals surface area contributed by atoms with Gasteiger partial charge in [-0.2, -0.15) is 0 Å². The molecule has 0 aliphatic rings. The van der Waals surface area contributed by atoms with E-state index in [1.807, 2.05) is 83.1 Å². The van der Waals surface area contributed by atoms with Crippen molar-refractivity contribution in [2.45, 2.75) is 176 Å². The predicted molar refractivity (Wildman–Crippen MR) is 283 cm³/mol. The summed E-state index contributed by atoms with van der Waals surface area (Å²) < 4.78 is 99.0. The number of hydrogen-bond donors (Lipinski definition) is 0. The first kappa shape index (κ1) is 81.5. The molecular weight excluding hydrogens is 1010 g/mol. The molecule has 0 spiro atoms. The van der Waals surface area contributed by atoms with Crippen molar-refractivity contribution in [3.63, 3.8) is 0 Å². The van der Waals surface area contributed by atoms with Crippen molar-refractivity contribution in [1.29, 1.82) is 0 Å². The molecule has 0 heterocycles. The molecule has 0 N–H and O–H groups in total. The van der Waals surface area contributed by atoms with Gasteiger partial charge in [-0.05, 0) is 96.9 Å². The van der Waals surface area contributed by atoms with Crippen LogP contribution >= 0.6 is 0 Å². The Bertz CT molecular complexity index is 1330. The summed E-state index contributed by atoms with van der Waals surface area (Å²) in [4.78, 5) is 21.5. The predicted octanol–water partition coefficient (Wildman–Crippen LogP) is 1.93. The van der Waals surface area contributed by atoms with Crippen molar-refractivity contribution in [1.82, 2.24) is 0 Å². The number of ether oxygens (including phenoxy) is 18. The van der Waals surface area contributed by atoms with Crippen molar-refractivity contribution in [3.05, 3.63) is 12.2 Å². The molecule has 0 aliphatic carbocycles. The zero-order valence-electron chi connectivity index (χ0n) is 51.1. The molecule has 450 valence electrons. The first-order valence-corrected chi connectivity index (χ1v) is 26.2. The zero-order valence-corrected chi connectivity index (χ0v) is 53.1. The van der Waals surface area contributed by atoms with Gasteiger partial charge >= 0.3 is 35.5 Å². The third-order valence-electron chi connectivity index (χ3n) is 10.4. The Kier molecular flexibility index (Phi) is 55.9. The summed E-state index contributed by atoms with van der Waals surface area (Å²) in [6.45, 7) is 37.1. The molecule has 0 radical (unpaired) electrons. The van der Waals surface area contributed by atoms with Gasteiger partial charge in [0.25, 0.3) is 0 Å². The van der Waals surface area contributed by atoms with Gasteiger partial charge in [0.1, 0.15) is 12.7 Å². The fourth-order valence-electron chi connectivity index (χ4n) is 5.59. The van der Waals surface area contributed by atoms with E-state index in [9.17, 15) is 14.7 Å². The number of hydrogen-bond acceptors (Lipinski definition) is 21. The van der Waals surface area contributed by atoms with E-state index in [-0.39, 0.29) is 129 Å². The molecule has 0 saturated heterocycles. The van der Waals surface area contributed by atoms with E-state index in [1.165, 1.54) is 28.3 Å². The molecule has 0 bridgehead atoms. The minimum absolute atomic E-state index is 0. The fourth-order valence-corrected chi connectivity index (χ4v) is 5.59. The molecule has 76 heavy (non-hydrogen) atoms. The third kappa shape index (κ3) is 50.0. The van der Waals surface area contributed by atoms with Crippen LogP contribution in [0.15, 0.2) is 12.2 Å². The van der Waals surface area contributed by atoms with Crippen LogP contribution in [-0.2, 0) is 94.9 Å². The van der Waals surface area contributed by atoms with E-state index < -0.39 is 17.4 Å². The van der Waals surface area contributed by atoms with Gasteiger partial charge in [-0.15, -0.1) is 0 Å². The van der Waals surface area contributed by atoms with Crippen LogP contribution in [0, 0.1) is 5.41 Å². The Morgan fingerprint density at radius 3 is 0.803 bits per heavy atom. The Labute approximate surface area is 481 Å². The second kappa shape index (κ2) is 52.1. The molecule has 0 aromatic heterocycles. The van der Waals surface area contributed by atoms with Crippen molar-refractivity contribution < 1.29 is 130 Å². The first-order valence-electron chi connectivity index (χ1n) is 26.2. The molecule has 0 saturated carbocycles. The van der Waals surface area contributed by atoms with Crippen molar-refractivity contribution in [3.8, 4) is 0 Å². The van der Waals surface area contributed by atoms with Crippen LogP contribution in [0.5, 0.6) is 0 Å². The van der Waals surface area contributed by atoms with Crippen LogP contribution in [0.3, 0.4) is 0 Å². The Morgan fingerprint density at radius 2 is 0.618 bits per heavy atom. The van der Waals surface area contributed by atoms with Gasteiger partial charge in [-0.1, -0.05) is 6.58 Å². The number of aliphatic carboxylic acids is 1. The Balaban J connectivity index is -0.000000844. The Hall–Kier alpha value is -1.00. The average molecular weight is 1120 g/mol. The molecule has 21 nitrogen and oxygen atoms in total. The van der Waals surface area contributed by atoms with Gasteiger partial charge in [0.05, 0.1) is 184 Å². The number of esters is 1. The van der Waals surface area contributed by atoms with Gasteiger partial charge in [0.15, 0.2) is 0 Å². The summed E-state index contributed by atoms with van der Waals surface area (Å²) >= 11 is 0. The maximum atomic E-state index is 10.9. The summed E-state index contributed by atoms with van der Waals surface area (Å²) in [6.07, 6.45) is -0.679. The van der Waals surface area contributed by atoms with E-state index in [0.717, 1.165) is 0 Å². The average Bonchev–Trinajstić information content (AvgIpc) is 3.37. The second-order valence-electron chi connectivity index (χ2n) is 19.5. The molecule has 0 amide bonds. The van der Waals surface area contributed by atoms with Gasteiger partial charge < -0.3 is 95.2 Å². The number of carboxylic acids is 1. The number of methoxy groups -OCH3 is 6. The topological polar surface area (TPSA) is 223 Å². The monoisotopic (exact) mass is 1110 g/mol. The van der Waals surface area contributed by atoms with E-state index in [2.05, 4.69) is 6.58 Å². The van der Waals surface area contributed by atoms with Gasteiger partial charge in [0, 0.05) is 48.2 Å². The SMILES string of the molecule is C=C(C)C(=O)OCC(COC)OC.COCC(C)(COC)C(=O)[O-].COCC(C)OCC(C)OCC(C)OCC(C)OCC(C)OCC(C)OCC(C)OCC(C)OCC(C)OCC(C)OCC(C)OCC(C)OC.[Na+]. The van der Waals surface area contributed by atoms with Crippen LogP contribution in [0.25, 0.3) is 0 Å². The van der Waals surface area contributed by atoms with E-state index in [4.69, 9.17) is 85.3 Å². The number of rotatable bonds is 47. The third-order valence-corrected chi connectivity index (χ3v) is 10.4. The first-order chi connectivity index (χ1) is 35.3. The van der Waals surface area contributed by atoms with Crippen LogP contribution in [-0.4, -0.2) is 240 Å². The second-order valence-corrected chi connectivity index (χ2v) is 19.5. The van der Waals surface area contributed by atoms with Crippen LogP contribution in [0.4, 0.5) is 0 Å². The largest absolute Gasteiger partial charge is 1.00 e. The molecule has 13 atom stereocenters. The summed E-state index contributed by atoms with van der Waals surface area (Å²) in [5.74, 6) is -1.56. The molecule has 13 unspecified atom stereocenters. The molecular formula is C54H107NaO21. The van der Waals surface area contributed by atoms with Crippen LogP contribution in [0.2, 0.25) is 0 Å². The summed E-state index contributed by atoms with van der Waals surface area (Å²) in [5, 5.41) is 10.5. The number of carbonyl (C=O) groups excluding carboxylic acids is 2. The quantitative estimate of drug-likeness (QED) is 0.0482. The standard InChI is InChI=1S/C38H78O13.C9H16O4.C7H14O4.Na/c1-27(40-14)16-41-29(3)18-43-31(5)20-45-33(7)22-47-35(9)24-49-37(11)26-51-38(12)25-50-36(10)23-48-34(8)21-46-32(6)19-44-30(4)17-42-28(2)15-39-13;1-7(2)9(10)13-6-8(12-4)5-11-3;1-7(4-10-2,5-11-3)6(8)9;/h27-38H,15-26H2,1-14H3;8H,1,5-6H2,2-4H3;4-5H2,1-3H3,(H,8,9);/q;;;+1/p-1. The number of carbonyl (C=O) groups is 2. The fraction of sp³-hybridized carbons (Fsp3) is 0.926. The molecule has 0 fully saturated rings. The van der Waals surface area contributed by atoms with E-state index >= 15 is 0 Å². The van der Waals surface area contributed by atoms with Gasteiger partial charge in [-0.3, -0.25) is 0 Å². The van der Waals surface area contributed by atoms with Crippen LogP contribution in [0.1, 0.15) is 96.9 Å². The maximum Gasteiger partial charge on any atom is 1.00 e. The van der Waals surface area contributed by atoms with Crippen LogP contribution < -0.4 is 34.7 Å². The molecule has 0 rings (SSSR count). The minimum Gasteiger partial charge on any atom is -0.549 e. The smallest absolute Gasteiger partial charge is 0.549 e. The van der Waals surface area contributed by atoms with Gasteiger partial charge in [0.2, 0.25) is 0 Å². The van der Waals surface area contributed by atoms with E-state index in [0.29, 0.717) is 91.5 Å². The summed E-state index contributed by atoms with van der Waals surface area (Å²) in [5.41, 5.74) is -0.656. The Morgan fingerprint density at radius 1 is 0.382 bits per heavy atom. The van der Waals surface area contributed by atoms with Crippen molar-refractivity contribution in [2.24, 2.45) is 5.41 Å². The minimum atomic E-state index is -1.15. The number of carboxylic acid groups (broad SMARTS) is 1. The molecule has 22 heteroatoms. The zero-order chi connectivity index (χ0) is 57.8. The van der Waals surface area contributed by atoms with Crippen molar-refractivity contribution in [2.75, 3.05) is 148 Å². The summed E-state index contributed by atoms with van der Waals surface area (Å²) in [7, 11) is 9.32. The molecule has 0 aromatic carbocycles.